The van der Waals surface area contributed by atoms with Crippen LogP contribution in [0.25, 0.3) is 0 Å². The lowest BCUT2D eigenvalue weighted by Gasteiger charge is -2.33. The van der Waals surface area contributed by atoms with E-state index in [0.717, 1.165) is 134 Å². The number of carbonyl (C=O) groups excluding carboxylic acids is 3. The first-order chi connectivity index (χ1) is 51.5. The van der Waals surface area contributed by atoms with Gasteiger partial charge in [0.25, 0.3) is 5.69 Å². The van der Waals surface area contributed by atoms with E-state index < -0.39 is 23.4 Å². The molecule has 576 valence electrons. The summed E-state index contributed by atoms with van der Waals surface area (Å²) in [5, 5.41) is 11.2. The van der Waals surface area contributed by atoms with Crippen molar-refractivity contribution in [2.75, 3.05) is 125 Å². The molecule has 0 bridgehead atoms. The molecular weight excluding hydrogens is 1720 g/mol. The fraction of sp³-hybridized carbons (Fsp3) is 0.354. The van der Waals surface area contributed by atoms with E-state index in [-0.39, 0.29) is 16.5 Å². The largest absolute Gasteiger partial charge is 0.496 e. The van der Waals surface area contributed by atoms with Crippen molar-refractivity contribution >= 4 is 138 Å². The van der Waals surface area contributed by atoms with E-state index in [2.05, 4.69) is 100 Å². The first-order valence-electron chi connectivity index (χ1n) is 34.4. The summed E-state index contributed by atoms with van der Waals surface area (Å²) in [6.45, 7) is 19.4. The van der Waals surface area contributed by atoms with Crippen LogP contribution >= 0.6 is 79.6 Å². The minimum atomic E-state index is -0.799. The van der Waals surface area contributed by atoms with E-state index in [0.29, 0.717) is 93.4 Å². The van der Waals surface area contributed by atoms with Gasteiger partial charge in [0.1, 0.15) is 95.1 Å². The monoisotopic (exact) mass is 1800 g/mol. The number of nitrogens with zero attached hydrogens (tertiary/aromatic N) is 6. The predicted octanol–water partition coefficient (Wildman–Crippen LogP) is 18.7. The first kappa shape index (κ1) is 83.0. The third kappa shape index (κ3) is 21.7. The number of para-hydroxylation sites is 3. The number of halogens is 5. The summed E-state index contributed by atoms with van der Waals surface area (Å²) < 4.78 is 70.3. The smallest absolute Gasteiger partial charge is 0.424 e. The van der Waals surface area contributed by atoms with Gasteiger partial charge in [0, 0.05) is 92.4 Å². The van der Waals surface area contributed by atoms with Crippen LogP contribution in [0, 0.1) is 10.1 Å². The zero-order chi connectivity index (χ0) is 78.1. The van der Waals surface area contributed by atoms with Crippen LogP contribution in [0.4, 0.5) is 49.4 Å². The van der Waals surface area contributed by atoms with E-state index in [1.807, 2.05) is 91.0 Å². The van der Waals surface area contributed by atoms with Gasteiger partial charge in [0.15, 0.2) is 0 Å². The van der Waals surface area contributed by atoms with Crippen molar-refractivity contribution < 1.29 is 76.1 Å². The minimum absolute atomic E-state index is 0.00826. The first-order valence-corrected chi connectivity index (χ1v) is 38.4. The van der Waals surface area contributed by atoms with Crippen molar-refractivity contribution in [1.82, 2.24) is 0 Å². The number of imide groups is 1. The number of rotatable bonds is 13. The molecule has 0 unspecified atom stereocenters. The number of nitro benzene ring substituents is 1. The Kier molecular flexibility index (Phi) is 29.1. The molecule has 0 atom stereocenters. The second kappa shape index (κ2) is 37.9. The Hall–Kier alpha value is -9.03. The molecule has 2 N–H and O–H groups in total. The predicted molar refractivity (Wildman–Crippen MR) is 436 cm³/mol. The summed E-state index contributed by atoms with van der Waals surface area (Å²) in [7, 11) is 8.14. The number of aryl methyl sites for hydroxylation is 1. The average molecular weight is 1810 g/mol. The van der Waals surface area contributed by atoms with Gasteiger partial charge in [0.05, 0.1) is 124 Å². The highest BCUT2D eigenvalue weighted by Gasteiger charge is 2.35. The fourth-order valence-corrected chi connectivity index (χ4v) is 14.3. The molecule has 0 aromatic heterocycles. The third-order valence-electron chi connectivity index (χ3n) is 16.9. The number of carbonyl (C=O) groups is 3. The lowest BCUT2D eigenvalue weighted by molar-refractivity contribution is -0.385. The Morgan fingerprint density at radius 3 is 1.25 bits per heavy atom. The molecule has 3 amide bonds. The number of anilines is 6. The molecule has 13 rings (SSSR count). The van der Waals surface area contributed by atoms with Gasteiger partial charge in [0.2, 0.25) is 5.91 Å². The number of hydrogen-bond donors (Lipinski definition) is 1. The molecule has 8 aromatic carbocycles. The van der Waals surface area contributed by atoms with Crippen molar-refractivity contribution in [3.8, 4) is 57.5 Å². The molecule has 0 radical (unpaired) electrons. The molecule has 0 fully saturated rings. The summed E-state index contributed by atoms with van der Waals surface area (Å²) in [5.74, 6) is 7.76. The van der Waals surface area contributed by atoms with E-state index in [4.69, 9.17) is 62.6 Å². The zero-order valence-corrected chi connectivity index (χ0v) is 70.1. The van der Waals surface area contributed by atoms with Gasteiger partial charge in [-0.25, -0.2) is 9.59 Å². The Morgan fingerprint density at radius 2 is 0.824 bits per heavy atom. The molecule has 29 heteroatoms. The molecule has 5 aliphatic heterocycles. The number of ether oxygens (including phenoxy) is 12. The highest BCUT2D eigenvalue weighted by atomic mass is 79.9. The number of amides is 3. The Labute approximate surface area is 671 Å². The van der Waals surface area contributed by atoms with Crippen LogP contribution in [0.15, 0.2) is 156 Å². The maximum Gasteiger partial charge on any atom is 0.424 e. The van der Waals surface area contributed by atoms with Crippen molar-refractivity contribution in [3.05, 3.63) is 188 Å². The van der Waals surface area contributed by atoms with Gasteiger partial charge < -0.3 is 82.2 Å². The summed E-state index contributed by atoms with van der Waals surface area (Å²) >= 11 is 17.2. The molecule has 5 aliphatic rings. The van der Waals surface area contributed by atoms with Crippen LogP contribution in [0.2, 0.25) is 0 Å². The average Bonchev–Trinajstić information content (AvgIpc) is 0.803. The highest BCUT2D eigenvalue weighted by molar-refractivity contribution is 9.11. The van der Waals surface area contributed by atoms with E-state index >= 15 is 0 Å². The van der Waals surface area contributed by atoms with Crippen LogP contribution in [0.1, 0.15) is 77.1 Å². The van der Waals surface area contributed by atoms with Crippen molar-refractivity contribution in [2.24, 2.45) is 0 Å². The number of nitrogens with two attached hydrogens (primary N) is 1. The SMILES string of the molecule is COc1cc2c(cc1Br)OCCC2.COc1cc2c(cc1Br)OCCN2C(C)=O.COc1cc2c(cc1Br)OCCN2Cc1ccccc1N.COc1cc2c(cc1Br)OCCN2Cc1ccccc1N(C(=O)OC(C)(C)C)C(=O)OC(C)(C)C.COc1cc2c(cc1Br)OCCN2Cc1ccccc1[N+](=O)[O-]. The van der Waals surface area contributed by atoms with Crippen molar-refractivity contribution in [1.29, 1.82) is 0 Å². The number of fused-ring (bicyclic) bond motifs is 5. The number of benzene rings is 8. The maximum absolute atomic E-state index is 13.2. The number of methoxy groups -OCH3 is 5. The van der Waals surface area contributed by atoms with Gasteiger partial charge in [-0.2, -0.15) is 4.90 Å². The summed E-state index contributed by atoms with van der Waals surface area (Å²) in [4.78, 5) is 57.8. The lowest BCUT2D eigenvalue weighted by atomic mass is 10.1. The molecular formula is C79H88Br5N7O17. The molecule has 5 heterocycles. The maximum atomic E-state index is 13.2. The molecule has 0 aliphatic carbocycles. The second-order valence-electron chi connectivity index (χ2n) is 26.7. The summed E-state index contributed by atoms with van der Waals surface area (Å²) in [5.41, 5.74) is 13.1. The zero-order valence-electron chi connectivity index (χ0n) is 62.2. The van der Waals surface area contributed by atoms with Gasteiger partial charge in [-0.1, -0.05) is 54.6 Å². The van der Waals surface area contributed by atoms with Crippen LogP contribution < -0.4 is 77.6 Å². The fourth-order valence-electron chi connectivity index (χ4n) is 11.9. The normalized spacial score (nSPS) is 13.6. The van der Waals surface area contributed by atoms with Crippen molar-refractivity contribution in [2.45, 2.75) is 92.1 Å². The van der Waals surface area contributed by atoms with E-state index in [9.17, 15) is 24.5 Å². The van der Waals surface area contributed by atoms with Gasteiger partial charge in [-0.05, 0) is 175 Å². The molecule has 24 nitrogen and oxygen atoms in total. The van der Waals surface area contributed by atoms with E-state index in [1.165, 1.54) is 11.6 Å². The molecule has 8 aromatic rings. The Bertz CT molecular complexity index is 4490. The van der Waals surface area contributed by atoms with Crippen LogP contribution in [0.3, 0.4) is 0 Å². The second-order valence-corrected chi connectivity index (χ2v) is 31.0. The molecule has 108 heavy (non-hydrogen) atoms. The molecule has 0 saturated carbocycles. The number of hydrogen-bond acceptors (Lipinski definition) is 21. The number of nitro groups is 1. The molecule has 0 spiro atoms. The lowest BCUT2D eigenvalue weighted by Crippen LogP contribution is -2.44. The standard InChI is InChI=1S/C26H33BrN2O6.C16H15BrN2O4.C16H17BrN2O2.C11H12BrNO3.C10H11BrO2/c1-25(2,3)34-23(30)29(24(31)35-26(4,5)6)19-11-9-8-10-17(19)16-28-12-13-33-22-14-18(27)21(32-7)15-20(22)28;1-22-15-9-14-16(8-12(15)17)23-7-6-18(14)10-11-4-2-3-5-13(11)19(20)21;1-20-15-9-14-16(8-12(15)17)21-7-6-19(14)10-11-4-2-3-5-13(11)18;1-7(14)13-3-4-16-11-5-8(12)10(15-2)6-9(11)13;1-12-10-5-7-3-2-4-13-9(7)6-8(10)11/h8-11,14-15H,12-13,16H2,1-7H3;2-5,8-9H,6-7,10H2,1H3;2-5,8-9H,6-7,10,18H2,1H3;5-6H,3-4H2,1-2H3;5-6H,2-4H2,1H3. The van der Waals surface area contributed by atoms with Crippen molar-refractivity contribution in [3.63, 3.8) is 0 Å². The summed E-state index contributed by atoms with van der Waals surface area (Å²) in [6, 6.07) is 41.1. The van der Waals surface area contributed by atoms with Crippen LogP contribution in [-0.2, 0) is 40.3 Å². The van der Waals surface area contributed by atoms with Crippen LogP contribution in [-0.4, -0.2) is 129 Å². The quantitative estimate of drug-likeness (QED) is 0.0640. The summed E-state index contributed by atoms with van der Waals surface area (Å²) in [6.07, 6.45) is 0.580. The number of nitrogen functional groups attached to an aromatic ring is 1. The molecule has 0 saturated heterocycles. The van der Waals surface area contributed by atoms with Crippen LogP contribution in [0.5, 0.6) is 57.5 Å². The minimum Gasteiger partial charge on any atom is -0.496 e. The Balaban J connectivity index is 0.000000162. The Morgan fingerprint density at radius 1 is 0.472 bits per heavy atom. The van der Waals surface area contributed by atoms with Gasteiger partial charge in [-0.15, -0.1) is 0 Å². The van der Waals surface area contributed by atoms with E-state index in [1.54, 1.807) is 119 Å². The third-order valence-corrected chi connectivity index (χ3v) is 20.0. The van der Waals surface area contributed by atoms with Gasteiger partial charge >= 0.3 is 12.2 Å². The topological polar surface area (TPSA) is 247 Å². The van der Waals surface area contributed by atoms with Gasteiger partial charge in [-0.3, -0.25) is 14.9 Å². The highest BCUT2D eigenvalue weighted by Crippen LogP contribution is 2.46.